The van der Waals surface area contributed by atoms with Gasteiger partial charge in [0.15, 0.2) is 0 Å². The largest absolute Gasteiger partial charge is 0.319 e. The highest BCUT2D eigenvalue weighted by Gasteiger charge is 2.13. The summed E-state index contributed by atoms with van der Waals surface area (Å²) in [6, 6.07) is 12.2. The lowest BCUT2D eigenvalue weighted by Crippen LogP contribution is -2.12. The smallest absolute Gasteiger partial charge is 0.273 e. The van der Waals surface area contributed by atoms with Gasteiger partial charge in [-0.15, -0.1) is 0 Å². The van der Waals surface area contributed by atoms with E-state index in [-0.39, 0.29) is 11.5 Å². The number of halogens is 3. The number of aromatic nitrogens is 2. The predicted molar refractivity (Wildman–Crippen MR) is 88.4 cm³/mol. The predicted octanol–water partition coefficient (Wildman–Crippen LogP) is 4.77. The Labute approximate surface area is 141 Å². The number of hydrogen-bond donors (Lipinski definition) is 2. The minimum atomic E-state index is -0.407. The first-order valence-corrected chi connectivity index (χ1v) is 7.36. The molecular weight excluding hydrogens is 340 g/mol. The molecule has 0 fully saturated rings. The van der Waals surface area contributed by atoms with Crippen LogP contribution in [0.15, 0.2) is 48.5 Å². The summed E-state index contributed by atoms with van der Waals surface area (Å²) in [6.07, 6.45) is 0. The Bertz CT molecular complexity index is 862. The van der Waals surface area contributed by atoms with Crippen molar-refractivity contribution in [2.75, 3.05) is 5.32 Å². The summed E-state index contributed by atoms with van der Waals surface area (Å²) in [6.45, 7) is 0. The zero-order valence-electron chi connectivity index (χ0n) is 11.6. The number of anilines is 1. The zero-order valence-corrected chi connectivity index (χ0v) is 13.1. The second-order valence-electron chi connectivity index (χ2n) is 4.75. The summed E-state index contributed by atoms with van der Waals surface area (Å²) >= 11 is 11.9. The molecule has 0 spiro atoms. The molecule has 0 unspecified atom stereocenters. The lowest BCUT2D eigenvalue weighted by molar-refractivity contribution is 0.102. The van der Waals surface area contributed by atoms with E-state index in [9.17, 15) is 9.18 Å². The van der Waals surface area contributed by atoms with Crippen molar-refractivity contribution in [3.63, 3.8) is 0 Å². The maximum atomic E-state index is 12.9. The van der Waals surface area contributed by atoms with Crippen LogP contribution in [0, 0.1) is 5.82 Å². The fourth-order valence-corrected chi connectivity index (χ4v) is 2.33. The van der Waals surface area contributed by atoms with E-state index in [1.807, 2.05) is 0 Å². The second kappa shape index (κ2) is 6.40. The van der Waals surface area contributed by atoms with E-state index in [1.165, 1.54) is 12.1 Å². The number of carbonyl (C=O) groups excluding carboxylic acids is 1. The molecule has 4 nitrogen and oxygen atoms in total. The Morgan fingerprint density at radius 1 is 1.09 bits per heavy atom. The fraction of sp³-hybridized carbons (Fsp3) is 0. The molecule has 0 aliphatic heterocycles. The molecule has 2 N–H and O–H groups in total. The van der Waals surface area contributed by atoms with Crippen LogP contribution in [-0.4, -0.2) is 16.1 Å². The molecule has 1 aromatic heterocycles. The highest BCUT2D eigenvalue weighted by molar-refractivity contribution is 6.35. The van der Waals surface area contributed by atoms with Gasteiger partial charge in [-0.05, 0) is 48.5 Å². The summed E-state index contributed by atoms with van der Waals surface area (Å²) in [5, 5.41) is 10.2. The number of amides is 1. The molecule has 0 saturated heterocycles. The number of hydrogen-bond acceptors (Lipinski definition) is 2. The number of H-pyrrole nitrogens is 1. The number of nitrogens with zero attached hydrogens (tertiary/aromatic N) is 1. The maximum Gasteiger partial charge on any atom is 0.273 e. The number of nitrogens with one attached hydrogen (secondary N) is 2. The monoisotopic (exact) mass is 349 g/mol. The first-order valence-electron chi connectivity index (χ1n) is 6.61. The van der Waals surface area contributed by atoms with E-state index in [0.717, 1.165) is 0 Å². The van der Waals surface area contributed by atoms with Crippen molar-refractivity contribution in [1.29, 1.82) is 0 Å². The SMILES string of the molecule is O=C(Nc1cc(Cl)ccc1Cl)c1cc(-c2ccc(F)cc2)n[nH]1. The third-order valence-corrected chi connectivity index (χ3v) is 3.70. The van der Waals surface area contributed by atoms with E-state index in [2.05, 4.69) is 15.5 Å². The first-order chi connectivity index (χ1) is 11.0. The summed E-state index contributed by atoms with van der Waals surface area (Å²) < 4.78 is 12.9. The van der Waals surface area contributed by atoms with Crippen molar-refractivity contribution in [3.05, 3.63) is 70.1 Å². The molecule has 0 bridgehead atoms. The van der Waals surface area contributed by atoms with Gasteiger partial charge in [-0.1, -0.05) is 23.2 Å². The zero-order chi connectivity index (χ0) is 16.4. The van der Waals surface area contributed by atoms with Crippen molar-refractivity contribution in [1.82, 2.24) is 10.2 Å². The van der Waals surface area contributed by atoms with Crippen molar-refractivity contribution in [3.8, 4) is 11.3 Å². The highest BCUT2D eigenvalue weighted by atomic mass is 35.5. The van der Waals surface area contributed by atoms with Crippen molar-refractivity contribution in [2.45, 2.75) is 0 Å². The average molecular weight is 350 g/mol. The van der Waals surface area contributed by atoms with Gasteiger partial charge < -0.3 is 5.32 Å². The van der Waals surface area contributed by atoms with Crippen LogP contribution in [0.4, 0.5) is 10.1 Å². The molecule has 3 aromatic rings. The lowest BCUT2D eigenvalue weighted by Gasteiger charge is -2.06. The molecule has 2 aromatic carbocycles. The molecule has 0 radical (unpaired) electrons. The summed E-state index contributed by atoms with van der Waals surface area (Å²) in [5.41, 5.74) is 1.89. The van der Waals surface area contributed by atoms with Crippen LogP contribution in [0.5, 0.6) is 0 Å². The van der Waals surface area contributed by atoms with Crippen molar-refractivity contribution < 1.29 is 9.18 Å². The highest BCUT2D eigenvalue weighted by Crippen LogP contribution is 2.26. The fourth-order valence-electron chi connectivity index (χ4n) is 1.99. The first kappa shape index (κ1) is 15.5. The van der Waals surface area contributed by atoms with E-state index in [4.69, 9.17) is 23.2 Å². The second-order valence-corrected chi connectivity index (χ2v) is 5.60. The van der Waals surface area contributed by atoms with E-state index in [1.54, 1.807) is 36.4 Å². The van der Waals surface area contributed by atoms with Gasteiger partial charge in [0.2, 0.25) is 0 Å². The van der Waals surface area contributed by atoms with Crippen molar-refractivity contribution >= 4 is 34.8 Å². The van der Waals surface area contributed by atoms with Gasteiger partial charge in [0.1, 0.15) is 11.5 Å². The molecule has 116 valence electrons. The summed E-state index contributed by atoms with van der Waals surface area (Å²) in [4.78, 5) is 12.2. The van der Waals surface area contributed by atoms with Gasteiger partial charge in [0, 0.05) is 10.6 Å². The molecule has 23 heavy (non-hydrogen) atoms. The topological polar surface area (TPSA) is 57.8 Å². The Kier molecular flexibility index (Phi) is 4.32. The molecule has 0 aliphatic rings. The molecule has 7 heteroatoms. The molecule has 0 saturated carbocycles. The van der Waals surface area contributed by atoms with Gasteiger partial charge >= 0.3 is 0 Å². The molecule has 3 rings (SSSR count). The number of rotatable bonds is 3. The van der Waals surface area contributed by atoms with Gasteiger partial charge in [0.05, 0.1) is 16.4 Å². The maximum absolute atomic E-state index is 12.9. The minimum Gasteiger partial charge on any atom is -0.319 e. The third-order valence-electron chi connectivity index (χ3n) is 3.14. The number of carbonyl (C=O) groups is 1. The van der Waals surface area contributed by atoms with Gasteiger partial charge in [-0.2, -0.15) is 5.10 Å². The number of aromatic amines is 1. The van der Waals surface area contributed by atoms with E-state index < -0.39 is 5.91 Å². The lowest BCUT2D eigenvalue weighted by atomic mass is 10.1. The summed E-state index contributed by atoms with van der Waals surface area (Å²) in [5.74, 6) is -0.743. The normalized spacial score (nSPS) is 10.6. The van der Waals surface area contributed by atoms with Crippen LogP contribution in [-0.2, 0) is 0 Å². The average Bonchev–Trinajstić information content (AvgIpc) is 3.02. The molecule has 0 atom stereocenters. The van der Waals surface area contributed by atoms with Crippen molar-refractivity contribution in [2.24, 2.45) is 0 Å². The Balaban J connectivity index is 1.81. The van der Waals surface area contributed by atoms with Crippen LogP contribution >= 0.6 is 23.2 Å². The van der Waals surface area contributed by atoms with Gasteiger partial charge in [0.25, 0.3) is 5.91 Å². The Morgan fingerprint density at radius 3 is 2.57 bits per heavy atom. The van der Waals surface area contributed by atoms with Crippen LogP contribution in [0.25, 0.3) is 11.3 Å². The Hall–Kier alpha value is -2.37. The third kappa shape index (κ3) is 3.52. The van der Waals surface area contributed by atoms with Crippen LogP contribution in [0.2, 0.25) is 10.0 Å². The molecular formula is C16H10Cl2FN3O. The van der Waals surface area contributed by atoms with Crippen LogP contribution < -0.4 is 5.32 Å². The molecule has 1 amide bonds. The number of benzene rings is 2. The molecule has 1 heterocycles. The van der Waals surface area contributed by atoms with Crippen LogP contribution in [0.1, 0.15) is 10.5 Å². The quantitative estimate of drug-likeness (QED) is 0.715. The van der Waals surface area contributed by atoms with E-state index in [0.29, 0.717) is 27.0 Å². The Morgan fingerprint density at radius 2 is 1.83 bits per heavy atom. The molecule has 0 aliphatic carbocycles. The standard InChI is InChI=1S/C16H10Cl2FN3O/c17-10-3-6-12(18)14(7-10)20-16(23)15-8-13(21-22-15)9-1-4-11(19)5-2-9/h1-8H,(H,20,23)(H,21,22). The van der Waals surface area contributed by atoms with Gasteiger partial charge in [-0.25, -0.2) is 4.39 Å². The summed E-state index contributed by atoms with van der Waals surface area (Å²) in [7, 11) is 0. The van der Waals surface area contributed by atoms with Crippen LogP contribution in [0.3, 0.4) is 0 Å². The van der Waals surface area contributed by atoms with Gasteiger partial charge in [-0.3, -0.25) is 9.89 Å². The van der Waals surface area contributed by atoms with E-state index >= 15 is 0 Å². The minimum absolute atomic E-state index is 0.250.